The Morgan fingerprint density at radius 3 is 2.05 bits per heavy atom. The van der Waals surface area contributed by atoms with Gasteiger partial charge in [-0.2, -0.15) is 0 Å². The van der Waals surface area contributed by atoms with Crippen LogP contribution < -0.4 is 15.0 Å². The molecule has 0 aliphatic carbocycles. The van der Waals surface area contributed by atoms with Gasteiger partial charge < -0.3 is 14.1 Å². The molecule has 1 aliphatic heterocycles. The molecule has 3 rings (SSSR count). The highest BCUT2D eigenvalue weighted by molar-refractivity contribution is 7.91. The molecule has 2 aromatic carbocycles. The molecule has 1 N–H and O–H groups in total. The predicted molar refractivity (Wildman–Crippen MR) is 168 cm³/mol. The number of sulfone groups is 1. The Balaban J connectivity index is 2.01. The standard InChI is InChI=1S/C33H54N3O3S/c1-8-13-21-33(22-14-9-2)26-40(37,38)31-20-17-28(35(6)7)25-30(31)32(34-33)27-15-18-29(19-16-27)39-24-23-36(10-3,11-4)12-5/h15-20,25,32,34H,8-14,21-24,26H2,1-7H3/q+1/t32-/m1/s1. The van der Waals surface area contributed by atoms with Gasteiger partial charge in [0.15, 0.2) is 9.84 Å². The first-order chi connectivity index (χ1) is 19.1. The highest BCUT2D eigenvalue weighted by Crippen LogP contribution is 2.40. The van der Waals surface area contributed by atoms with E-state index < -0.39 is 15.4 Å². The molecule has 0 saturated carbocycles. The van der Waals surface area contributed by atoms with Gasteiger partial charge in [0.1, 0.15) is 18.9 Å². The number of ether oxygens (including phenoxy) is 1. The van der Waals surface area contributed by atoms with Crippen LogP contribution in [-0.4, -0.2) is 71.1 Å². The van der Waals surface area contributed by atoms with E-state index in [0.29, 0.717) is 11.5 Å². The molecule has 0 radical (unpaired) electrons. The van der Waals surface area contributed by atoms with Gasteiger partial charge in [0.25, 0.3) is 0 Å². The Morgan fingerprint density at radius 1 is 0.925 bits per heavy atom. The minimum Gasteiger partial charge on any atom is -0.488 e. The summed E-state index contributed by atoms with van der Waals surface area (Å²) < 4.78 is 35.1. The van der Waals surface area contributed by atoms with Crippen molar-refractivity contribution in [3.63, 3.8) is 0 Å². The SMILES string of the molecule is CCCCC1(CCCC)CS(=O)(=O)c2ccc(N(C)C)cc2[C@@H](c2ccc(OCC[N+](CC)(CC)CC)cc2)N1. The van der Waals surface area contributed by atoms with Crippen LogP contribution in [-0.2, 0) is 9.84 Å². The van der Waals surface area contributed by atoms with Crippen molar-refractivity contribution in [3.8, 4) is 5.75 Å². The van der Waals surface area contributed by atoms with Crippen molar-refractivity contribution in [1.29, 1.82) is 0 Å². The minimum absolute atomic E-state index is 0.137. The van der Waals surface area contributed by atoms with Crippen molar-refractivity contribution in [2.75, 3.05) is 57.5 Å². The van der Waals surface area contributed by atoms with E-state index in [4.69, 9.17) is 4.74 Å². The lowest BCUT2D eigenvalue weighted by Gasteiger charge is -2.37. The number of hydrogen-bond acceptors (Lipinski definition) is 5. The summed E-state index contributed by atoms with van der Waals surface area (Å²) in [7, 11) is 0.515. The number of unbranched alkanes of at least 4 members (excludes halogenated alkanes) is 2. The molecule has 6 nitrogen and oxygen atoms in total. The highest BCUT2D eigenvalue weighted by Gasteiger charge is 2.42. The van der Waals surface area contributed by atoms with E-state index in [2.05, 4.69) is 58.1 Å². The van der Waals surface area contributed by atoms with E-state index >= 15 is 0 Å². The van der Waals surface area contributed by atoms with Gasteiger partial charge in [-0.15, -0.1) is 0 Å². The highest BCUT2D eigenvalue weighted by atomic mass is 32.2. The monoisotopic (exact) mass is 572 g/mol. The molecule has 0 fully saturated rings. The first-order valence-electron chi connectivity index (χ1n) is 15.5. The van der Waals surface area contributed by atoms with Gasteiger partial charge in [-0.1, -0.05) is 51.7 Å². The predicted octanol–water partition coefficient (Wildman–Crippen LogP) is 6.59. The Bertz CT molecular complexity index is 1160. The third kappa shape index (κ3) is 7.59. The number of nitrogens with zero attached hydrogens (tertiary/aromatic N) is 2. The summed E-state index contributed by atoms with van der Waals surface area (Å²) in [6, 6.07) is 13.9. The van der Waals surface area contributed by atoms with Crippen LogP contribution in [0.3, 0.4) is 0 Å². The Morgan fingerprint density at radius 2 is 1.52 bits per heavy atom. The van der Waals surface area contributed by atoms with Crippen LogP contribution >= 0.6 is 0 Å². The second-order valence-corrected chi connectivity index (χ2v) is 13.8. The van der Waals surface area contributed by atoms with Crippen LogP contribution in [0.15, 0.2) is 47.4 Å². The maximum atomic E-state index is 13.9. The summed E-state index contributed by atoms with van der Waals surface area (Å²) in [6.45, 7) is 16.1. The van der Waals surface area contributed by atoms with Gasteiger partial charge in [-0.3, -0.25) is 5.32 Å². The van der Waals surface area contributed by atoms with E-state index in [9.17, 15) is 8.42 Å². The normalized spacial score (nSPS) is 18.1. The summed E-state index contributed by atoms with van der Waals surface area (Å²) >= 11 is 0. The Hall–Kier alpha value is -2.09. The molecular formula is C33H54N3O3S+. The van der Waals surface area contributed by atoms with Crippen LogP contribution in [0.1, 0.15) is 90.3 Å². The molecule has 1 aliphatic rings. The zero-order valence-electron chi connectivity index (χ0n) is 26.1. The van der Waals surface area contributed by atoms with Gasteiger partial charge in [0.2, 0.25) is 0 Å². The zero-order chi connectivity index (χ0) is 29.4. The van der Waals surface area contributed by atoms with E-state index in [1.54, 1.807) is 0 Å². The number of fused-ring (bicyclic) bond motifs is 1. The molecule has 2 aromatic rings. The molecule has 0 amide bonds. The summed E-state index contributed by atoms with van der Waals surface area (Å²) in [5, 5.41) is 3.96. The fourth-order valence-electron chi connectivity index (χ4n) is 6.16. The van der Waals surface area contributed by atoms with Crippen molar-refractivity contribution in [2.24, 2.45) is 0 Å². The number of hydrogen-bond donors (Lipinski definition) is 1. The van der Waals surface area contributed by atoms with Crippen LogP contribution in [0.25, 0.3) is 0 Å². The fraction of sp³-hybridized carbons (Fsp3) is 0.636. The molecule has 0 unspecified atom stereocenters. The Labute approximate surface area is 244 Å². The number of nitrogens with one attached hydrogen (secondary N) is 1. The number of likely N-dealkylation sites (N-methyl/N-ethyl adjacent to an activating group) is 1. The van der Waals surface area contributed by atoms with Gasteiger partial charge in [-0.25, -0.2) is 8.42 Å². The first kappa shape index (κ1) is 32.4. The van der Waals surface area contributed by atoms with Crippen molar-refractivity contribution in [2.45, 2.75) is 89.6 Å². The molecule has 7 heteroatoms. The van der Waals surface area contributed by atoms with Gasteiger partial charge in [0, 0.05) is 25.3 Å². The second-order valence-electron chi connectivity index (χ2n) is 11.9. The fourth-order valence-corrected chi connectivity index (χ4v) is 8.22. The molecule has 1 atom stereocenters. The number of rotatable bonds is 15. The summed E-state index contributed by atoms with van der Waals surface area (Å²) in [6.07, 6.45) is 5.77. The van der Waals surface area contributed by atoms with Crippen molar-refractivity contribution in [3.05, 3.63) is 53.6 Å². The molecule has 0 spiro atoms. The van der Waals surface area contributed by atoms with Crippen molar-refractivity contribution >= 4 is 15.5 Å². The lowest BCUT2D eigenvalue weighted by atomic mass is 9.86. The molecule has 40 heavy (non-hydrogen) atoms. The molecule has 1 heterocycles. The van der Waals surface area contributed by atoms with E-state index in [1.165, 1.54) is 0 Å². The van der Waals surface area contributed by atoms with E-state index in [1.807, 2.05) is 43.3 Å². The van der Waals surface area contributed by atoms with Gasteiger partial charge >= 0.3 is 0 Å². The smallest absolute Gasteiger partial charge is 0.180 e. The van der Waals surface area contributed by atoms with Gasteiger partial charge in [0.05, 0.1) is 36.3 Å². The van der Waals surface area contributed by atoms with Crippen LogP contribution in [0.4, 0.5) is 5.69 Å². The zero-order valence-corrected chi connectivity index (χ0v) is 26.9. The van der Waals surface area contributed by atoms with E-state index in [0.717, 1.165) is 91.8 Å². The summed E-state index contributed by atoms with van der Waals surface area (Å²) in [4.78, 5) is 2.49. The second kappa shape index (κ2) is 14.2. The van der Waals surface area contributed by atoms with Crippen LogP contribution in [0, 0.1) is 0 Å². The number of anilines is 1. The number of benzene rings is 2. The molecule has 224 valence electrons. The number of quaternary nitrogens is 1. The topological polar surface area (TPSA) is 58.6 Å². The summed E-state index contributed by atoms with van der Waals surface area (Å²) in [5.74, 6) is 0.995. The quantitative estimate of drug-likeness (QED) is 0.244. The van der Waals surface area contributed by atoms with Gasteiger partial charge in [-0.05, 0) is 75.1 Å². The molecule has 0 aromatic heterocycles. The first-order valence-corrected chi connectivity index (χ1v) is 17.1. The summed E-state index contributed by atoms with van der Waals surface area (Å²) in [5.41, 5.74) is 2.44. The minimum atomic E-state index is -3.48. The maximum Gasteiger partial charge on any atom is 0.180 e. The average molecular weight is 573 g/mol. The lowest BCUT2D eigenvalue weighted by molar-refractivity contribution is -0.923. The van der Waals surface area contributed by atoms with Crippen molar-refractivity contribution < 1.29 is 17.6 Å². The van der Waals surface area contributed by atoms with Crippen LogP contribution in [0.2, 0.25) is 0 Å². The van der Waals surface area contributed by atoms with Crippen molar-refractivity contribution in [1.82, 2.24) is 5.32 Å². The molecule has 0 saturated heterocycles. The lowest BCUT2D eigenvalue weighted by Crippen LogP contribution is -2.50. The largest absolute Gasteiger partial charge is 0.488 e. The van der Waals surface area contributed by atoms with E-state index in [-0.39, 0.29) is 11.8 Å². The molecule has 0 bridgehead atoms. The third-order valence-electron chi connectivity index (χ3n) is 9.15. The average Bonchev–Trinajstić information content (AvgIpc) is 3.05. The third-order valence-corrected chi connectivity index (χ3v) is 11.1. The molecular weight excluding hydrogens is 518 g/mol. The Kier molecular flexibility index (Phi) is 11.5. The van der Waals surface area contributed by atoms with Crippen LogP contribution in [0.5, 0.6) is 5.75 Å². The maximum absolute atomic E-state index is 13.9.